The van der Waals surface area contributed by atoms with Crippen LogP contribution in [0, 0.1) is 17.0 Å². The predicted octanol–water partition coefficient (Wildman–Crippen LogP) is 1.74. The molecule has 0 aliphatic rings. The number of nitrogens with zero attached hydrogens (tertiary/aromatic N) is 7. The van der Waals surface area contributed by atoms with Gasteiger partial charge in [0, 0.05) is 5.39 Å². The van der Waals surface area contributed by atoms with Crippen LogP contribution in [0.15, 0.2) is 36.7 Å². The molecule has 0 unspecified atom stereocenters. The topological polar surface area (TPSA) is 104 Å². The fourth-order valence-corrected chi connectivity index (χ4v) is 2.47. The van der Waals surface area contributed by atoms with Crippen molar-refractivity contribution in [2.75, 3.05) is 0 Å². The van der Waals surface area contributed by atoms with Crippen molar-refractivity contribution in [1.29, 1.82) is 0 Å². The predicted molar refractivity (Wildman–Crippen MR) is 81.0 cm³/mol. The van der Waals surface area contributed by atoms with E-state index in [0.29, 0.717) is 17.2 Å². The third-order valence-corrected chi connectivity index (χ3v) is 3.57. The van der Waals surface area contributed by atoms with Crippen LogP contribution in [0.25, 0.3) is 16.6 Å². The molecule has 4 rings (SSSR count). The number of benzene rings is 1. The molecule has 9 heteroatoms. The summed E-state index contributed by atoms with van der Waals surface area (Å²) in [5, 5.41) is 20.0. The zero-order chi connectivity index (χ0) is 16.0. The third kappa shape index (κ3) is 2.18. The maximum Gasteiger partial charge on any atom is 0.390 e. The van der Waals surface area contributed by atoms with Gasteiger partial charge in [-0.2, -0.15) is 4.68 Å². The maximum atomic E-state index is 10.8. The molecule has 114 valence electrons. The van der Waals surface area contributed by atoms with Crippen molar-refractivity contribution < 1.29 is 4.92 Å². The summed E-state index contributed by atoms with van der Waals surface area (Å²) in [4.78, 5) is 19.1. The molecule has 0 saturated heterocycles. The van der Waals surface area contributed by atoms with Gasteiger partial charge in [-0.3, -0.25) is 0 Å². The van der Waals surface area contributed by atoms with E-state index in [-0.39, 0.29) is 12.4 Å². The molecule has 0 N–H and O–H groups in total. The normalized spacial score (nSPS) is 11.3. The average Bonchev–Trinajstić information content (AvgIpc) is 3.11. The molecule has 0 saturated carbocycles. The van der Waals surface area contributed by atoms with Gasteiger partial charge in [-0.15, -0.1) is 5.10 Å². The van der Waals surface area contributed by atoms with Gasteiger partial charge in [0.2, 0.25) is 0 Å². The van der Waals surface area contributed by atoms with E-state index in [1.807, 2.05) is 24.3 Å². The van der Waals surface area contributed by atoms with Crippen molar-refractivity contribution in [3.8, 4) is 0 Å². The molecular weight excluding hydrogens is 298 g/mol. The molecule has 3 aromatic heterocycles. The highest BCUT2D eigenvalue weighted by Gasteiger charge is 2.17. The van der Waals surface area contributed by atoms with Crippen molar-refractivity contribution in [3.63, 3.8) is 0 Å². The molecule has 4 aromatic rings. The average molecular weight is 309 g/mol. The number of aryl methyl sites for hydroxylation is 1. The van der Waals surface area contributed by atoms with Crippen molar-refractivity contribution in [3.05, 3.63) is 58.3 Å². The van der Waals surface area contributed by atoms with Crippen LogP contribution >= 0.6 is 0 Å². The minimum Gasteiger partial charge on any atom is -0.358 e. The lowest BCUT2D eigenvalue weighted by atomic mass is 10.2. The molecule has 9 nitrogen and oxygen atoms in total. The Kier molecular flexibility index (Phi) is 2.80. The molecule has 3 heterocycles. The molecule has 0 amide bonds. The second-order valence-electron chi connectivity index (χ2n) is 5.12. The number of fused-ring (bicyclic) bond motifs is 3. The number of nitro groups is 1. The summed E-state index contributed by atoms with van der Waals surface area (Å²) in [6.45, 7) is 2.02. The molecule has 0 spiro atoms. The van der Waals surface area contributed by atoms with E-state index >= 15 is 0 Å². The van der Waals surface area contributed by atoms with Gasteiger partial charge in [0.25, 0.3) is 0 Å². The Balaban J connectivity index is 1.78. The number of rotatable bonds is 3. The van der Waals surface area contributed by atoms with Crippen LogP contribution in [0.5, 0.6) is 0 Å². The molecule has 0 aliphatic heterocycles. The summed E-state index contributed by atoms with van der Waals surface area (Å²) in [6.07, 6.45) is 1.60. The summed E-state index contributed by atoms with van der Waals surface area (Å²) in [5.41, 5.74) is 2.22. The number of aromatic nitrogens is 6. The smallest absolute Gasteiger partial charge is 0.358 e. The number of hydrogen-bond donors (Lipinski definition) is 0. The van der Waals surface area contributed by atoms with Crippen molar-refractivity contribution in [1.82, 2.24) is 29.4 Å². The van der Waals surface area contributed by atoms with E-state index in [1.165, 1.54) is 10.7 Å². The Bertz CT molecular complexity index is 1050. The SMILES string of the molecule is Cc1cc([N+](=O)[O-])nn1Cc1nc2c3ccccc3ncn2n1. The Morgan fingerprint density at radius 2 is 2.09 bits per heavy atom. The van der Waals surface area contributed by atoms with Crippen LogP contribution in [0.4, 0.5) is 5.82 Å². The molecule has 23 heavy (non-hydrogen) atoms. The van der Waals surface area contributed by atoms with Crippen LogP contribution in [0.2, 0.25) is 0 Å². The molecule has 0 aliphatic carbocycles. The van der Waals surface area contributed by atoms with E-state index in [4.69, 9.17) is 0 Å². The lowest BCUT2D eigenvalue weighted by Gasteiger charge is -1.96. The summed E-state index contributed by atoms with van der Waals surface area (Å²) in [7, 11) is 0. The summed E-state index contributed by atoms with van der Waals surface area (Å²) in [6, 6.07) is 9.09. The van der Waals surface area contributed by atoms with Gasteiger partial charge < -0.3 is 10.1 Å². The molecule has 0 atom stereocenters. The fraction of sp³-hybridized carbons (Fsp3) is 0.143. The Morgan fingerprint density at radius 1 is 1.26 bits per heavy atom. The van der Waals surface area contributed by atoms with Gasteiger partial charge in [0.1, 0.15) is 12.9 Å². The van der Waals surface area contributed by atoms with Gasteiger partial charge in [0.05, 0.1) is 22.4 Å². The minimum atomic E-state index is -0.516. The second-order valence-corrected chi connectivity index (χ2v) is 5.12. The third-order valence-electron chi connectivity index (χ3n) is 3.57. The van der Waals surface area contributed by atoms with Gasteiger partial charge in [-0.1, -0.05) is 12.1 Å². The van der Waals surface area contributed by atoms with Crippen molar-refractivity contribution >= 4 is 22.4 Å². The highest BCUT2D eigenvalue weighted by Crippen LogP contribution is 2.17. The first-order valence-electron chi connectivity index (χ1n) is 6.89. The van der Waals surface area contributed by atoms with Crippen LogP contribution in [0.1, 0.15) is 11.5 Å². The van der Waals surface area contributed by atoms with E-state index in [1.54, 1.807) is 17.8 Å². The maximum absolute atomic E-state index is 10.8. The van der Waals surface area contributed by atoms with E-state index in [0.717, 1.165) is 10.9 Å². The minimum absolute atomic E-state index is 0.182. The number of hydrogen-bond acceptors (Lipinski definition) is 6. The molecule has 1 aromatic carbocycles. The lowest BCUT2D eigenvalue weighted by Crippen LogP contribution is -2.06. The highest BCUT2D eigenvalue weighted by molar-refractivity contribution is 5.90. The van der Waals surface area contributed by atoms with Crippen LogP contribution < -0.4 is 0 Å². The van der Waals surface area contributed by atoms with Crippen molar-refractivity contribution in [2.45, 2.75) is 13.5 Å². The van der Waals surface area contributed by atoms with Crippen molar-refractivity contribution in [2.24, 2.45) is 0 Å². The van der Waals surface area contributed by atoms with E-state index in [2.05, 4.69) is 20.2 Å². The van der Waals surface area contributed by atoms with Gasteiger partial charge in [-0.05, 0) is 24.0 Å². The van der Waals surface area contributed by atoms with Gasteiger partial charge >= 0.3 is 5.82 Å². The number of para-hydroxylation sites is 1. The lowest BCUT2D eigenvalue weighted by molar-refractivity contribution is -0.389. The molecule has 0 radical (unpaired) electrons. The summed E-state index contributed by atoms with van der Waals surface area (Å²) in [5.74, 6) is 0.336. The van der Waals surface area contributed by atoms with E-state index in [9.17, 15) is 10.1 Å². The van der Waals surface area contributed by atoms with Crippen LogP contribution in [-0.4, -0.2) is 34.3 Å². The quantitative estimate of drug-likeness (QED) is 0.421. The van der Waals surface area contributed by atoms with E-state index < -0.39 is 4.92 Å². The Morgan fingerprint density at radius 3 is 2.87 bits per heavy atom. The van der Waals surface area contributed by atoms with Crippen LogP contribution in [0.3, 0.4) is 0 Å². The monoisotopic (exact) mass is 309 g/mol. The Hall–Kier alpha value is -3.36. The standard InChI is InChI=1S/C14H11N7O2/c1-9-6-13(21(22)23)18-19(9)7-12-16-14-10-4-2-3-5-11(10)15-8-20(14)17-12/h2-6,8H,7H2,1H3. The zero-order valence-electron chi connectivity index (χ0n) is 12.1. The first-order chi connectivity index (χ1) is 11.1. The van der Waals surface area contributed by atoms with Gasteiger partial charge in [-0.25, -0.2) is 14.5 Å². The Labute approximate surface area is 129 Å². The zero-order valence-corrected chi connectivity index (χ0v) is 12.1. The highest BCUT2D eigenvalue weighted by atomic mass is 16.6. The summed E-state index contributed by atoms with van der Waals surface area (Å²) < 4.78 is 3.12. The molecule has 0 bridgehead atoms. The van der Waals surface area contributed by atoms with Gasteiger partial charge in [0.15, 0.2) is 11.5 Å². The molecule has 0 fully saturated rings. The largest absolute Gasteiger partial charge is 0.390 e. The van der Waals surface area contributed by atoms with Crippen LogP contribution in [-0.2, 0) is 6.54 Å². The molecular formula is C14H11N7O2. The second kappa shape index (κ2) is 4.83. The first kappa shape index (κ1) is 13.3. The fourth-order valence-electron chi connectivity index (χ4n) is 2.47. The summed E-state index contributed by atoms with van der Waals surface area (Å²) >= 11 is 0. The first-order valence-corrected chi connectivity index (χ1v) is 6.89.